The average Bonchev–Trinajstić information content (AvgIpc) is 2.64. The van der Waals surface area contributed by atoms with Crippen molar-refractivity contribution in [3.63, 3.8) is 0 Å². The molecule has 138 valence electrons. The minimum atomic E-state index is -0.235. The van der Waals surface area contributed by atoms with E-state index < -0.39 is 0 Å². The molecule has 3 aromatic rings. The molecule has 6 heteroatoms. The fourth-order valence-corrected chi connectivity index (χ4v) is 2.60. The smallest absolute Gasteiger partial charge is 0.255 e. The van der Waals surface area contributed by atoms with Gasteiger partial charge in [0.1, 0.15) is 11.6 Å². The van der Waals surface area contributed by atoms with Crippen molar-refractivity contribution >= 4 is 34.7 Å². The second-order valence-corrected chi connectivity index (χ2v) is 6.65. The van der Waals surface area contributed by atoms with E-state index in [0.29, 0.717) is 22.1 Å². The number of rotatable bonds is 6. The van der Waals surface area contributed by atoms with Crippen LogP contribution in [0.3, 0.4) is 0 Å². The molecule has 1 amide bonds. The lowest BCUT2D eigenvalue weighted by Gasteiger charge is -2.11. The topological polar surface area (TPSA) is 63.2 Å². The fourth-order valence-electron chi connectivity index (χ4n) is 2.41. The Morgan fingerprint density at radius 2 is 1.78 bits per heavy atom. The molecule has 0 aliphatic rings. The Hall–Kier alpha value is -3.05. The van der Waals surface area contributed by atoms with Crippen molar-refractivity contribution in [2.45, 2.75) is 20.0 Å². The van der Waals surface area contributed by atoms with Gasteiger partial charge in [0.15, 0.2) is 0 Å². The molecule has 2 aromatic carbocycles. The first-order valence-corrected chi connectivity index (χ1v) is 8.94. The van der Waals surface area contributed by atoms with Crippen LogP contribution < -0.4 is 15.4 Å². The Bertz CT molecular complexity index is 909. The SMILES string of the molecule is CC(C)Oc1ccc(Nc2ccc(NC(=O)c3cccc(Cl)c3)cn2)cc1. The van der Waals surface area contributed by atoms with Crippen LogP contribution in [0.1, 0.15) is 24.2 Å². The van der Waals surface area contributed by atoms with Crippen LogP contribution in [0.15, 0.2) is 66.9 Å². The fraction of sp³-hybridized carbons (Fsp3) is 0.143. The van der Waals surface area contributed by atoms with Gasteiger partial charge in [-0.2, -0.15) is 0 Å². The van der Waals surface area contributed by atoms with E-state index in [2.05, 4.69) is 15.6 Å². The summed E-state index contributed by atoms with van der Waals surface area (Å²) < 4.78 is 5.62. The summed E-state index contributed by atoms with van der Waals surface area (Å²) in [6.45, 7) is 3.98. The minimum absolute atomic E-state index is 0.139. The number of anilines is 3. The maximum atomic E-state index is 12.2. The molecule has 0 saturated carbocycles. The van der Waals surface area contributed by atoms with E-state index in [9.17, 15) is 4.79 Å². The molecule has 0 aliphatic heterocycles. The van der Waals surface area contributed by atoms with E-state index in [1.165, 1.54) is 0 Å². The maximum absolute atomic E-state index is 12.2. The van der Waals surface area contributed by atoms with Gasteiger partial charge in [-0.3, -0.25) is 4.79 Å². The molecule has 0 radical (unpaired) electrons. The first kappa shape index (κ1) is 18.7. The largest absolute Gasteiger partial charge is 0.491 e. The molecule has 0 fully saturated rings. The highest BCUT2D eigenvalue weighted by atomic mass is 35.5. The van der Waals surface area contributed by atoms with Crippen molar-refractivity contribution < 1.29 is 9.53 Å². The van der Waals surface area contributed by atoms with Crippen molar-refractivity contribution in [2.75, 3.05) is 10.6 Å². The van der Waals surface area contributed by atoms with Gasteiger partial charge in [-0.25, -0.2) is 4.98 Å². The molecule has 0 bridgehead atoms. The monoisotopic (exact) mass is 381 g/mol. The van der Waals surface area contributed by atoms with Crippen molar-refractivity contribution in [1.82, 2.24) is 4.98 Å². The quantitative estimate of drug-likeness (QED) is 0.590. The molecule has 0 aliphatic carbocycles. The van der Waals surface area contributed by atoms with Gasteiger partial charge >= 0.3 is 0 Å². The molecule has 1 aromatic heterocycles. The van der Waals surface area contributed by atoms with E-state index in [4.69, 9.17) is 16.3 Å². The Morgan fingerprint density at radius 3 is 2.41 bits per heavy atom. The Kier molecular flexibility index (Phi) is 5.94. The number of amides is 1. The summed E-state index contributed by atoms with van der Waals surface area (Å²) in [6.07, 6.45) is 1.74. The highest BCUT2D eigenvalue weighted by molar-refractivity contribution is 6.31. The van der Waals surface area contributed by atoms with Crippen LogP contribution in [-0.2, 0) is 0 Å². The molecular weight excluding hydrogens is 362 g/mol. The van der Waals surface area contributed by atoms with Gasteiger partial charge in [0.2, 0.25) is 0 Å². The summed E-state index contributed by atoms with van der Waals surface area (Å²) in [5.74, 6) is 1.26. The van der Waals surface area contributed by atoms with E-state index in [1.54, 1.807) is 42.6 Å². The summed E-state index contributed by atoms with van der Waals surface area (Å²) in [6, 6.07) is 18.0. The van der Waals surface area contributed by atoms with Crippen molar-refractivity contribution in [2.24, 2.45) is 0 Å². The Morgan fingerprint density at radius 1 is 1.04 bits per heavy atom. The van der Waals surface area contributed by atoms with Gasteiger partial charge in [-0.1, -0.05) is 17.7 Å². The first-order chi connectivity index (χ1) is 13.0. The van der Waals surface area contributed by atoms with Crippen LogP contribution >= 0.6 is 11.6 Å². The van der Waals surface area contributed by atoms with Gasteiger partial charge in [-0.05, 0) is 68.4 Å². The summed E-state index contributed by atoms with van der Waals surface area (Å²) in [4.78, 5) is 16.6. The normalized spacial score (nSPS) is 10.5. The van der Waals surface area contributed by atoms with Crippen molar-refractivity contribution in [3.8, 4) is 5.75 Å². The lowest BCUT2D eigenvalue weighted by Crippen LogP contribution is -2.12. The molecule has 0 unspecified atom stereocenters. The number of nitrogens with one attached hydrogen (secondary N) is 2. The average molecular weight is 382 g/mol. The molecule has 1 heterocycles. The number of halogens is 1. The molecule has 3 rings (SSSR count). The zero-order chi connectivity index (χ0) is 19.2. The van der Waals surface area contributed by atoms with Crippen molar-refractivity contribution in [1.29, 1.82) is 0 Å². The number of nitrogens with zero attached hydrogens (tertiary/aromatic N) is 1. The summed E-state index contributed by atoms with van der Waals surface area (Å²) in [7, 11) is 0. The number of aromatic nitrogens is 1. The highest BCUT2D eigenvalue weighted by Crippen LogP contribution is 2.21. The van der Waals surface area contributed by atoms with Crippen LogP contribution in [-0.4, -0.2) is 17.0 Å². The van der Waals surface area contributed by atoms with Crippen LogP contribution in [0.2, 0.25) is 5.02 Å². The Balaban J connectivity index is 1.61. The molecule has 0 spiro atoms. The van der Waals surface area contributed by atoms with Gasteiger partial charge in [0, 0.05) is 16.3 Å². The first-order valence-electron chi connectivity index (χ1n) is 8.56. The predicted molar refractivity (Wildman–Crippen MR) is 109 cm³/mol. The maximum Gasteiger partial charge on any atom is 0.255 e. The van der Waals surface area contributed by atoms with Crippen molar-refractivity contribution in [3.05, 3.63) is 77.4 Å². The third-order valence-corrected chi connectivity index (χ3v) is 3.84. The minimum Gasteiger partial charge on any atom is -0.491 e. The zero-order valence-electron chi connectivity index (χ0n) is 15.1. The molecule has 2 N–H and O–H groups in total. The van der Waals surface area contributed by atoms with Gasteiger partial charge in [0.05, 0.1) is 18.0 Å². The third-order valence-electron chi connectivity index (χ3n) is 3.61. The zero-order valence-corrected chi connectivity index (χ0v) is 15.8. The molecule has 5 nitrogen and oxygen atoms in total. The predicted octanol–water partition coefficient (Wildman–Crippen LogP) is 5.52. The molecule has 0 saturated heterocycles. The number of carbonyl (C=O) groups excluding carboxylic acids is 1. The molecular formula is C21H20ClN3O2. The Labute approximate surface area is 163 Å². The van der Waals surface area contributed by atoms with Crippen LogP contribution in [0, 0.1) is 0 Å². The van der Waals surface area contributed by atoms with Crippen LogP contribution in [0.25, 0.3) is 0 Å². The highest BCUT2D eigenvalue weighted by Gasteiger charge is 2.07. The standard InChI is InChI=1S/C21H20ClN3O2/c1-14(2)27-19-9-6-17(7-10-19)24-20-11-8-18(13-23-20)25-21(26)15-4-3-5-16(22)12-15/h3-14H,1-2H3,(H,23,24)(H,25,26). The van der Waals surface area contributed by atoms with Gasteiger partial charge in [0.25, 0.3) is 5.91 Å². The summed E-state index contributed by atoms with van der Waals surface area (Å²) in [5, 5.41) is 6.52. The summed E-state index contributed by atoms with van der Waals surface area (Å²) >= 11 is 5.92. The van der Waals surface area contributed by atoms with E-state index in [0.717, 1.165) is 11.4 Å². The molecule has 0 atom stereocenters. The second kappa shape index (κ2) is 8.56. The van der Waals surface area contributed by atoms with E-state index >= 15 is 0 Å². The lowest BCUT2D eigenvalue weighted by molar-refractivity contribution is 0.102. The number of carbonyl (C=O) groups is 1. The van der Waals surface area contributed by atoms with E-state index in [1.807, 2.05) is 38.1 Å². The number of ether oxygens (including phenoxy) is 1. The number of pyridine rings is 1. The van der Waals surface area contributed by atoms with Gasteiger partial charge < -0.3 is 15.4 Å². The number of hydrogen-bond acceptors (Lipinski definition) is 4. The van der Waals surface area contributed by atoms with Crippen LogP contribution in [0.5, 0.6) is 5.75 Å². The lowest BCUT2D eigenvalue weighted by atomic mass is 10.2. The van der Waals surface area contributed by atoms with E-state index in [-0.39, 0.29) is 12.0 Å². The second-order valence-electron chi connectivity index (χ2n) is 6.21. The van der Waals surface area contributed by atoms with Crippen LogP contribution in [0.4, 0.5) is 17.2 Å². The third kappa shape index (κ3) is 5.46. The summed E-state index contributed by atoms with van der Waals surface area (Å²) in [5.41, 5.74) is 1.99. The number of benzene rings is 2. The van der Waals surface area contributed by atoms with Gasteiger partial charge in [-0.15, -0.1) is 0 Å². The molecule has 27 heavy (non-hydrogen) atoms. The number of hydrogen-bond donors (Lipinski definition) is 2.